The normalized spacial score (nSPS) is 26.1. The third-order valence-electron chi connectivity index (χ3n) is 3.40. The molecule has 0 radical (unpaired) electrons. The van der Waals surface area contributed by atoms with Crippen molar-refractivity contribution < 1.29 is 15.0 Å². The third-order valence-corrected chi connectivity index (χ3v) is 5.44. The van der Waals surface area contributed by atoms with Crippen LogP contribution < -0.4 is 0 Å². The van der Waals surface area contributed by atoms with Gasteiger partial charge in [0.05, 0.1) is 12.0 Å². The number of hydrogen-bond donors (Lipinski definition) is 2. The predicted octanol–water partition coefficient (Wildman–Crippen LogP) is 3.35. The van der Waals surface area contributed by atoms with Crippen LogP contribution in [0.15, 0.2) is 10.5 Å². The van der Waals surface area contributed by atoms with Crippen LogP contribution in [0.25, 0.3) is 0 Å². The zero-order valence-electron chi connectivity index (χ0n) is 9.52. The Morgan fingerprint density at radius 2 is 2.29 bits per heavy atom. The Morgan fingerprint density at radius 3 is 2.82 bits per heavy atom. The smallest absolute Gasteiger partial charge is 0.306 e. The third kappa shape index (κ3) is 2.56. The van der Waals surface area contributed by atoms with Gasteiger partial charge in [-0.2, -0.15) is 0 Å². The minimum absolute atomic E-state index is 0.151. The second kappa shape index (κ2) is 5.08. The number of carboxylic acids is 1. The molecule has 1 heterocycles. The molecule has 0 aromatic carbocycles. The lowest BCUT2D eigenvalue weighted by Crippen LogP contribution is -2.23. The van der Waals surface area contributed by atoms with Crippen molar-refractivity contribution in [2.75, 3.05) is 0 Å². The molecule has 1 aromatic rings. The predicted molar refractivity (Wildman–Crippen MR) is 70.2 cm³/mol. The number of carboxylic acid groups (broad SMARTS) is 1. The van der Waals surface area contributed by atoms with Gasteiger partial charge in [-0.1, -0.05) is 6.42 Å². The van der Waals surface area contributed by atoms with Crippen LogP contribution in [0.4, 0.5) is 0 Å². The summed E-state index contributed by atoms with van der Waals surface area (Å²) in [5, 5.41) is 19.5. The summed E-state index contributed by atoms with van der Waals surface area (Å²) in [5.41, 5.74) is 0. The molecule has 17 heavy (non-hydrogen) atoms. The van der Waals surface area contributed by atoms with E-state index in [0.29, 0.717) is 6.42 Å². The number of aliphatic hydroxyl groups is 1. The molecular formula is C12H15BrO3S. The molecule has 0 amide bonds. The van der Waals surface area contributed by atoms with Gasteiger partial charge in [-0.3, -0.25) is 4.79 Å². The first-order valence-corrected chi connectivity index (χ1v) is 7.28. The van der Waals surface area contributed by atoms with Crippen molar-refractivity contribution in [1.82, 2.24) is 0 Å². The van der Waals surface area contributed by atoms with Crippen molar-refractivity contribution in [2.24, 2.45) is 11.8 Å². The van der Waals surface area contributed by atoms with Crippen LogP contribution in [0.2, 0.25) is 0 Å². The molecule has 1 aliphatic rings. The zero-order chi connectivity index (χ0) is 12.6. The van der Waals surface area contributed by atoms with Crippen molar-refractivity contribution >= 4 is 33.2 Å². The molecule has 0 bridgehead atoms. The molecule has 1 saturated carbocycles. The van der Waals surface area contributed by atoms with Crippen LogP contribution in [-0.2, 0) is 4.79 Å². The minimum atomic E-state index is -0.782. The number of carbonyl (C=O) groups is 1. The summed E-state index contributed by atoms with van der Waals surface area (Å²) in [4.78, 5) is 13.1. The SMILES string of the molecule is Cc1cc(Br)c(C(O)C2CCCC2C(=O)O)s1. The summed E-state index contributed by atoms with van der Waals surface area (Å²) in [5.74, 6) is -1.34. The minimum Gasteiger partial charge on any atom is -0.481 e. The van der Waals surface area contributed by atoms with Crippen LogP contribution in [0, 0.1) is 18.8 Å². The van der Waals surface area contributed by atoms with Crippen molar-refractivity contribution in [2.45, 2.75) is 32.3 Å². The Labute approximate surface area is 113 Å². The molecule has 3 unspecified atom stereocenters. The molecule has 0 spiro atoms. The molecule has 3 atom stereocenters. The highest BCUT2D eigenvalue weighted by molar-refractivity contribution is 9.10. The van der Waals surface area contributed by atoms with E-state index in [1.54, 1.807) is 0 Å². The molecule has 2 rings (SSSR count). The number of rotatable bonds is 3. The average Bonchev–Trinajstić information content (AvgIpc) is 2.83. The van der Waals surface area contributed by atoms with Crippen LogP contribution in [0.1, 0.15) is 35.1 Å². The van der Waals surface area contributed by atoms with E-state index in [0.717, 1.165) is 27.1 Å². The van der Waals surface area contributed by atoms with E-state index >= 15 is 0 Å². The highest BCUT2D eigenvalue weighted by Gasteiger charge is 2.39. The molecular weight excluding hydrogens is 304 g/mol. The van der Waals surface area contributed by atoms with Gasteiger partial charge in [0.25, 0.3) is 0 Å². The van der Waals surface area contributed by atoms with Crippen LogP contribution in [0.5, 0.6) is 0 Å². The van der Waals surface area contributed by atoms with E-state index in [1.165, 1.54) is 11.3 Å². The van der Waals surface area contributed by atoms with Crippen molar-refractivity contribution in [3.8, 4) is 0 Å². The molecule has 2 N–H and O–H groups in total. The van der Waals surface area contributed by atoms with Gasteiger partial charge < -0.3 is 10.2 Å². The van der Waals surface area contributed by atoms with E-state index in [4.69, 9.17) is 5.11 Å². The van der Waals surface area contributed by atoms with Gasteiger partial charge >= 0.3 is 5.97 Å². The van der Waals surface area contributed by atoms with Gasteiger partial charge in [0.2, 0.25) is 0 Å². The summed E-state index contributed by atoms with van der Waals surface area (Å²) >= 11 is 4.96. The molecule has 5 heteroatoms. The number of halogens is 1. The monoisotopic (exact) mass is 318 g/mol. The summed E-state index contributed by atoms with van der Waals surface area (Å²) in [7, 11) is 0. The summed E-state index contributed by atoms with van der Waals surface area (Å²) < 4.78 is 0.892. The van der Waals surface area contributed by atoms with Crippen LogP contribution >= 0.6 is 27.3 Å². The maximum absolute atomic E-state index is 11.1. The Morgan fingerprint density at radius 1 is 1.59 bits per heavy atom. The molecule has 94 valence electrons. The fourth-order valence-corrected chi connectivity index (χ4v) is 4.52. The van der Waals surface area contributed by atoms with E-state index in [2.05, 4.69) is 15.9 Å². The van der Waals surface area contributed by atoms with Gasteiger partial charge in [0.15, 0.2) is 0 Å². The number of aryl methyl sites for hydroxylation is 1. The number of thiophene rings is 1. The lowest BCUT2D eigenvalue weighted by molar-refractivity contribution is -0.144. The van der Waals surface area contributed by atoms with Crippen molar-refractivity contribution in [1.29, 1.82) is 0 Å². The van der Waals surface area contributed by atoms with Crippen LogP contribution in [0.3, 0.4) is 0 Å². The number of aliphatic hydroxyl groups excluding tert-OH is 1. The Bertz CT molecular complexity index is 429. The topological polar surface area (TPSA) is 57.5 Å². The van der Waals surface area contributed by atoms with Crippen molar-refractivity contribution in [3.05, 3.63) is 20.3 Å². The van der Waals surface area contributed by atoms with Gasteiger partial charge in [0.1, 0.15) is 0 Å². The molecule has 0 saturated heterocycles. The van der Waals surface area contributed by atoms with Gasteiger partial charge in [0, 0.05) is 20.1 Å². The molecule has 1 aliphatic carbocycles. The Kier molecular flexibility index (Phi) is 3.90. The van der Waals surface area contributed by atoms with E-state index < -0.39 is 18.0 Å². The van der Waals surface area contributed by atoms with Gasteiger partial charge in [-0.05, 0) is 41.8 Å². The first kappa shape index (κ1) is 13.1. The largest absolute Gasteiger partial charge is 0.481 e. The Balaban J connectivity index is 2.22. The lowest BCUT2D eigenvalue weighted by Gasteiger charge is -2.21. The van der Waals surface area contributed by atoms with E-state index in [-0.39, 0.29) is 5.92 Å². The average molecular weight is 319 g/mol. The highest BCUT2D eigenvalue weighted by Crippen LogP contribution is 2.44. The second-order valence-electron chi connectivity index (χ2n) is 4.55. The fraction of sp³-hybridized carbons (Fsp3) is 0.583. The zero-order valence-corrected chi connectivity index (χ0v) is 11.9. The second-order valence-corrected chi connectivity index (χ2v) is 6.70. The van der Waals surface area contributed by atoms with Gasteiger partial charge in [-0.25, -0.2) is 0 Å². The van der Waals surface area contributed by atoms with Crippen LogP contribution in [-0.4, -0.2) is 16.2 Å². The lowest BCUT2D eigenvalue weighted by atomic mass is 9.90. The molecule has 0 aliphatic heterocycles. The molecule has 3 nitrogen and oxygen atoms in total. The Hall–Kier alpha value is -0.390. The first-order chi connectivity index (χ1) is 8.00. The maximum Gasteiger partial charge on any atom is 0.306 e. The summed E-state index contributed by atoms with van der Waals surface area (Å²) in [6.07, 6.45) is 1.70. The first-order valence-electron chi connectivity index (χ1n) is 5.67. The summed E-state index contributed by atoms with van der Waals surface area (Å²) in [6, 6.07) is 1.97. The number of hydrogen-bond acceptors (Lipinski definition) is 3. The quantitative estimate of drug-likeness (QED) is 0.898. The molecule has 1 fully saturated rings. The fourth-order valence-electron chi connectivity index (χ4n) is 2.57. The molecule has 1 aromatic heterocycles. The van der Waals surface area contributed by atoms with E-state index in [9.17, 15) is 9.90 Å². The van der Waals surface area contributed by atoms with E-state index in [1.807, 2.05) is 13.0 Å². The van der Waals surface area contributed by atoms with Gasteiger partial charge in [-0.15, -0.1) is 11.3 Å². The number of aliphatic carboxylic acids is 1. The highest BCUT2D eigenvalue weighted by atomic mass is 79.9. The standard InChI is InChI=1S/C12H15BrO3S/c1-6-5-9(13)11(17-6)10(14)7-3-2-4-8(7)12(15)16/h5,7-8,10,14H,2-4H2,1H3,(H,15,16). The van der Waals surface area contributed by atoms with Crippen molar-refractivity contribution in [3.63, 3.8) is 0 Å². The maximum atomic E-state index is 11.1. The summed E-state index contributed by atoms with van der Waals surface area (Å²) in [6.45, 7) is 1.98.